The van der Waals surface area contributed by atoms with Crippen LogP contribution in [0.3, 0.4) is 0 Å². The first-order chi connectivity index (χ1) is 16.3. The highest BCUT2D eigenvalue weighted by Crippen LogP contribution is 2.44. The second kappa shape index (κ2) is 10.3. The first kappa shape index (κ1) is 23.8. The molecule has 2 amide bonds. The third-order valence-corrected chi connectivity index (χ3v) is 6.50. The number of carboxylic acid groups (broad SMARTS) is 1. The van der Waals surface area contributed by atoms with Gasteiger partial charge in [-0.2, -0.15) is 0 Å². The second-order valence-electron chi connectivity index (χ2n) is 9.16. The van der Waals surface area contributed by atoms with Crippen LogP contribution >= 0.6 is 0 Å². The number of carboxylic acids is 1. The molecule has 3 N–H and O–H groups in total. The number of hydrogen-bond donors (Lipinski definition) is 3. The maximum Gasteiger partial charge on any atom is 0.407 e. The molecule has 0 aromatic heterocycles. The molecular weight excluding hydrogens is 436 g/mol. The Hall–Kier alpha value is -3.39. The lowest BCUT2D eigenvalue weighted by atomic mass is 9.98. The van der Waals surface area contributed by atoms with Crippen LogP contribution in [0.25, 0.3) is 11.1 Å². The summed E-state index contributed by atoms with van der Waals surface area (Å²) in [6.45, 7) is 4.17. The van der Waals surface area contributed by atoms with Crippen LogP contribution in [0.1, 0.15) is 37.3 Å². The lowest BCUT2D eigenvalue weighted by Crippen LogP contribution is -2.51. The molecule has 1 unspecified atom stereocenters. The molecule has 3 atom stereocenters. The zero-order valence-corrected chi connectivity index (χ0v) is 19.3. The van der Waals surface area contributed by atoms with E-state index >= 15 is 0 Å². The summed E-state index contributed by atoms with van der Waals surface area (Å²) in [4.78, 5) is 36.4. The molecule has 180 valence electrons. The number of amides is 2. The fourth-order valence-electron chi connectivity index (χ4n) is 4.65. The van der Waals surface area contributed by atoms with Crippen molar-refractivity contribution in [1.29, 1.82) is 0 Å². The van der Waals surface area contributed by atoms with E-state index in [4.69, 9.17) is 14.6 Å². The quantitative estimate of drug-likeness (QED) is 0.551. The zero-order chi connectivity index (χ0) is 24.2. The molecule has 4 rings (SSSR count). The van der Waals surface area contributed by atoms with Crippen LogP contribution in [0.2, 0.25) is 0 Å². The van der Waals surface area contributed by atoms with Crippen molar-refractivity contribution in [2.75, 3.05) is 19.8 Å². The Morgan fingerprint density at radius 3 is 2.24 bits per heavy atom. The van der Waals surface area contributed by atoms with Gasteiger partial charge in [-0.3, -0.25) is 9.59 Å². The van der Waals surface area contributed by atoms with Gasteiger partial charge in [0.1, 0.15) is 12.6 Å². The van der Waals surface area contributed by atoms with E-state index in [1.54, 1.807) is 0 Å². The number of carbonyl (C=O) groups is 3. The van der Waals surface area contributed by atoms with Gasteiger partial charge < -0.3 is 25.2 Å². The minimum Gasteiger partial charge on any atom is -0.481 e. The van der Waals surface area contributed by atoms with Crippen molar-refractivity contribution in [1.82, 2.24) is 10.6 Å². The van der Waals surface area contributed by atoms with Crippen molar-refractivity contribution < 1.29 is 29.0 Å². The minimum atomic E-state index is -0.897. The normalized spacial score (nSPS) is 19.9. The standard InChI is InChI=1S/C26H30N2O6/c1-15(2)23(24(29)27-12-17-11-16(13-33-17)25(30)31)28-26(32)34-14-22-20-9-5-3-7-18(20)19-8-4-6-10-21(19)22/h3-10,15-17,22-23H,11-14H2,1-2H3,(H,27,29)(H,28,32)(H,30,31)/t16-,17-,23?/m1/s1. The number of aliphatic carboxylic acids is 1. The lowest BCUT2D eigenvalue weighted by molar-refractivity contribution is -0.141. The number of ether oxygens (including phenoxy) is 2. The first-order valence-corrected chi connectivity index (χ1v) is 11.6. The summed E-state index contributed by atoms with van der Waals surface area (Å²) in [5.41, 5.74) is 4.52. The van der Waals surface area contributed by atoms with Crippen LogP contribution in [0, 0.1) is 11.8 Å². The monoisotopic (exact) mass is 466 g/mol. The van der Waals surface area contributed by atoms with E-state index in [0.717, 1.165) is 22.3 Å². The van der Waals surface area contributed by atoms with Crippen LogP contribution in [0.5, 0.6) is 0 Å². The predicted octanol–water partition coefficient (Wildman–Crippen LogP) is 3.16. The molecule has 2 aromatic rings. The average molecular weight is 467 g/mol. The van der Waals surface area contributed by atoms with E-state index in [0.29, 0.717) is 6.42 Å². The molecule has 1 aliphatic carbocycles. The minimum absolute atomic E-state index is 0.0637. The average Bonchev–Trinajstić information content (AvgIpc) is 3.43. The molecule has 2 aromatic carbocycles. The molecule has 1 fully saturated rings. The van der Waals surface area contributed by atoms with Gasteiger partial charge in [0.15, 0.2) is 0 Å². The van der Waals surface area contributed by atoms with Gasteiger partial charge in [-0.1, -0.05) is 62.4 Å². The van der Waals surface area contributed by atoms with Gasteiger partial charge >= 0.3 is 12.1 Å². The number of rotatable bonds is 8. The van der Waals surface area contributed by atoms with Crippen LogP contribution in [-0.2, 0) is 19.1 Å². The van der Waals surface area contributed by atoms with Gasteiger partial charge in [0.05, 0.1) is 18.6 Å². The zero-order valence-electron chi connectivity index (χ0n) is 19.3. The van der Waals surface area contributed by atoms with E-state index in [1.807, 2.05) is 50.2 Å². The number of benzene rings is 2. The Bertz CT molecular complexity index is 1020. The number of hydrogen-bond acceptors (Lipinski definition) is 5. The van der Waals surface area contributed by atoms with Crippen molar-refractivity contribution in [3.63, 3.8) is 0 Å². The summed E-state index contributed by atoms with van der Waals surface area (Å²) in [6.07, 6.45) is -0.659. The van der Waals surface area contributed by atoms with Gasteiger partial charge in [-0.25, -0.2) is 4.79 Å². The maximum absolute atomic E-state index is 12.7. The molecule has 1 saturated heterocycles. The molecule has 2 aliphatic rings. The summed E-state index contributed by atoms with van der Waals surface area (Å²) in [5.74, 6) is -2.04. The van der Waals surface area contributed by atoms with Crippen molar-refractivity contribution in [3.8, 4) is 11.1 Å². The molecule has 34 heavy (non-hydrogen) atoms. The maximum atomic E-state index is 12.7. The van der Waals surface area contributed by atoms with E-state index in [1.165, 1.54) is 0 Å². The summed E-state index contributed by atoms with van der Waals surface area (Å²) in [5, 5.41) is 14.5. The Labute approximate surface area is 198 Å². The number of carbonyl (C=O) groups excluding carboxylic acids is 2. The highest BCUT2D eigenvalue weighted by atomic mass is 16.5. The second-order valence-corrected chi connectivity index (χ2v) is 9.16. The molecule has 0 bridgehead atoms. The highest BCUT2D eigenvalue weighted by molar-refractivity contribution is 5.86. The molecule has 0 saturated carbocycles. The summed E-state index contributed by atoms with van der Waals surface area (Å²) in [6, 6.07) is 15.4. The van der Waals surface area contributed by atoms with Crippen LogP contribution in [0.15, 0.2) is 48.5 Å². The van der Waals surface area contributed by atoms with Gasteiger partial charge in [0.2, 0.25) is 5.91 Å². The molecule has 8 heteroatoms. The molecule has 8 nitrogen and oxygen atoms in total. The summed E-state index contributed by atoms with van der Waals surface area (Å²) in [7, 11) is 0. The van der Waals surface area contributed by atoms with Crippen LogP contribution < -0.4 is 10.6 Å². The largest absolute Gasteiger partial charge is 0.481 e. The third-order valence-electron chi connectivity index (χ3n) is 6.50. The number of fused-ring (bicyclic) bond motifs is 3. The van der Waals surface area contributed by atoms with Crippen LogP contribution in [0.4, 0.5) is 4.79 Å². The van der Waals surface area contributed by atoms with E-state index < -0.39 is 24.0 Å². The van der Waals surface area contributed by atoms with Crippen molar-refractivity contribution in [2.45, 2.75) is 38.3 Å². The lowest BCUT2D eigenvalue weighted by Gasteiger charge is -2.23. The Kier molecular flexibility index (Phi) is 7.17. The topological polar surface area (TPSA) is 114 Å². The Morgan fingerprint density at radius 1 is 1.06 bits per heavy atom. The van der Waals surface area contributed by atoms with Crippen molar-refractivity contribution >= 4 is 18.0 Å². The van der Waals surface area contributed by atoms with Crippen LogP contribution in [-0.4, -0.2) is 55.0 Å². The Morgan fingerprint density at radius 2 is 1.68 bits per heavy atom. The highest BCUT2D eigenvalue weighted by Gasteiger charge is 2.33. The predicted molar refractivity (Wildman–Crippen MR) is 125 cm³/mol. The molecule has 1 heterocycles. The van der Waals surface area contributed by atoms with E-state index in [-0.39, 0.29) is 43.6 Å². The SMILES string of the molecule is CC(C)C(NC(=O)OCC1c2ccccc2-c2ccccc21)C(=O)NC[C@H]1C[C@@H](C(=O)O)CO1. The molecule has 0 spiro atoms. The fraction of sp³-hybridized carbons (Fsp3) is 0.423. The third kappa shape index (κ3) is 5.07. The van der Waals surface area contributed by atoms with Crippen molar-refractivity contribution in [3.05, 3.63) is 59.7 Å². The Balaban J connectivity index is 1.32. The molecule has 1 aliphatic heterocycles. The fourth-order valence-corrected chi connectivity index (χ4v) is 4.65. The van der Waals surface area contributed by atoms with E-state index in [9.17, 15) is 14.4 Å². The van der Waals surface area contributed by atoms with Gasteiger partial charge in [-0.15, -0.1) is 0 Å². The summed E-state index contributed by atoms with van der Waals surface area (Å²) >= 11 is 0. The smallest absolute Gasteiger partial charge is 0.407 e. The van der Waals surface area contributed by atoms with E-state index in [2.05, 4.69) is 22.8 Å². The number of alkyl carbamates (subject to hydrolysis) is 1. The van der Waals surface area contributed by atoms with Crippen molar-refractivity contribution in [2.24, 2.45) is 11.8 Å². The summed E-state index contributed by atoms with van der Waals surface area (Å²) < 4.78 is 11.0. The van der Waals surface area contributed by atoms with Gasteiger partial charge in [0, 0.05) is 12.5 Å². The number of nitrogens with one attached hydrogen (secondary N) is 2. The first-order valence-electron chi connectivity index (χ1n) is 11.6. The van der Waals surface area contributed by atoms with Gasteiger partial charge in [-0.05, 0) is 34.6 Å². The molecule has 0 radical (unpaired) electrons. The molecular formula is C26H30N2O6. The van der Waals surface area contributed by atoms with Gasteiger partial charge in [0.25, 0.3) is 0 Å².